The van der Waals surface area contributed by atoms with Gasteiger partial charge in [0.2, 0.25) is 5.91 Å². The molecule has 2 aromatic carbocycles. The number of alkyl carbamates (subject to hydrolysis) is 1. The third kappa shape index (κ3) is 6.84. The predicted molar refractivity (Wildman–Crippen MR) is 135 cm³/mol. The van der Waals surface area contributed by atoms with Gasteiger partial charge < -0.3 is 20.5 Å². The minimum absolute atomic E-state index is 0.0159. The molecule has 0 heterocycles. The fourth-order valence-electron chi connectivity index (χ4n) is 4.69. The van der Waals surface area contributed by atoms with E-state index in [0.29, 0.717) is 19.4 Å². The molecule has 0 aromatic heterocycles. The summed E-state index contributed by atoms with van der Waals surface area (Å²) in [5.41, 5.74) is 4.65. The summed E-state index contributed by atoms with van der Waals surface area (Å²) in [6.45, 7) is 8.45. The Balaban J connectivity index is 1.48. The van der Waals surface area contributed by atoms with Crippen LogP contribution >= 0.6 is 0 Å². The highest BCUT2D eigenvalue weighted by atomic mass is 16.5. The lowest BCUT2D eigenvalue weighted by atomic mass is 9.76. The molecule has 0 saturated carbocycles. The van der Waals surface area contributed by atoms with E-state index in [4.69, 9.17) is 9.84 Å². The van der Waals surface area contributed by atoms with E-state index < -0.39 is 18.1 Å². The minimum Gasteiger partial charge on any atom is -0.480 e. The van der Waals surface area contributed by atoms with Crippen LogP contribution in [0.2, 0.25) is 0 Å². The zero-order chi connectivity index (χ0) is 25.6. The van der Waals surface area contributed by atoms with Crippen LogP contribution < -0.4 is 10.6 Å². The third-order valence-corrected chi connectivity index (χ3v) is 6.80. The molecule has 7 heteroatoms. The van der Waals surface area contributed by atoms with E-state index in [-0.39, 0.29) is 36.2 Å². The highest BCUT2D eigenvalue weighted by Crippen LogP contribution is 2.44. The number of carbonyl (C=O) groups is 3. The second kappa shape index (κ2) is 11.4. The zero-order valence-corrected chi connectivity index (χ0v) is 21.0. The summed E-state index contributed by atoms with van der Waals surface area (Å²) in [5.74, 6) is -1.15. The molecular weight excluding hydrogens is 444 g/mol. The molecule has 2 atom stereocenters. The van der Waals surface area contributed by atoms with Crippen molar-refractivity contribution in [1.29, 1.82) is 0 Å². The van der Waals surface area contributed by atoms with Gasteiger partial charge in [0, 0.05) is 18.9 Å². The van der Waals surface area contributed by atoms with E-state index in [0.717, 1.165) is 0 Å². The Kier molecular flexibility index (Phi) is 8.54. The third-order valence-electron chi connectivity index (χ3n) is 6.80. The van der Waals surface area contributed by atoms with Crippen molar-refractivity contribution < 1.29 is 24.2 Å². The number of benzene rings is 2. The van der Waals surface area contributed by atoms with E-state index in [2.05, 4.69) is 55.7 Å². The van der Waals surface area contributed by atoms with Crippen molar-refractivity contribution in [3.05, 3.63) is 59.7 Å². The molecule has 2 aromatic rings. The summed E-state index contributed by atoms with van der Waals surface area (Å²) in [7, 11) is 0. The first-order valence-corrected chi connectivity index (χ1v) is 12.2. The molecule has 188 valence electrons. The molecule has 0 saturated heterocycles. The van der Waals surface area contributed by atoms with Crippen LogP contribution in [0.3, 0.4) is 0 Å². The molecule has 35 heavy (non-hydrogen) atoms. The summed E-state index contributed by atoms with van der Waals surface area (Å²) in [4.78, 5) is 35.5. The largest absolute Gasteiger partial charge is 0.480 e. The standard InChI is InChI=1S/C28H36N2O5/c1-18(26(32)33)30-25(31)14-13-19(28(2,3)4)15-16-29-27(34)35-17-24-22-11-7-5-9-20(22)21-10-6-8-12-23(21)24/h5-12,18-19,24H,13-17H2,1-4H3,(H,29,34)(H,30,31)(H,32,33)/t18-,19?/m1/s1. The van der Waals surface area contributed by atoms with Crippen LogP contribution in [0.25, 0.3) is 11.1 Å². The lowest BCUT2D eigenvalue weighted by molar-refractivity contribution is -0.141. The number of carboxylic acid groups (broad SMARTS) is 1. The van der Waals surface area contributed by atoms with Crippen molar-refractivity contribution in [3.8, 4) is 11.1 Å². The number of hydrogen-bond acceptors (Lipinski definition) is 4. The maximum absolute atomic E-state index is 12.5. The van der Waals surface area contributed by atoms with Crippen LogP contribution in [-0.4, -0.2) is 42.3 Å². The number of ether oxygens (including phenoxy) is 1. The molecule has 0 fully saturated rings. The van der Waals surface area contributed by atoms with Crippen LogP contribution in [0.15, 0.2) is 48.5 Å². The maximum atomic E-state index is 12.5. The highest BCUT2D eigenvalue weighted by Gasteiger charge is 2.29. The van der Waals surface area contributed by atoms with Gasteiger partial charge in [0.05, 0.1) is 0 Å². The average molecular weight is 481 g/mol. The van der Waals surface area contributed by atoms with Crippen LogP contribution in [0.5, 0.6) is 0 Å². The van der Waals surface area contributed by atoms with Gasteiger partial charge >= 0.3 is 12.1 Å². The van der Waals surface area contributed by atoms with Crippen molar-refractivity contribution in [3.63, 3.8) is 0 Å². The second-order valence-corrected chi connectivity index (χ2v) is 10.3. The van der Waals surface area contributed by atoms with Gasteiger partial charge in [-0.25, -0.2) is 4.79 Å². The Hall–Kier alpha value is -3.35. The highest BCUT2D eigenvalue weighted by molar-refractivity contribution is 5.83. The molecule has 0 aliphatic heterocycles. The van der Waals surface area contributed by atoms with E-state index >= 15 is 0 Å². The summed E-state index contributed by atoms with van der Waals surface area (Å²) >= 11 is 0. The number of hydrogen-bond donors (Lipinski definition) is 3. The number of aliphatic carboxylic acids is 1. The molecule has 1 aliphatic carbocycles. The topological polar surface area (TPSA) is 105 Å². The Morgan fingerprint density at radius 2 is 1.54 bits per heavy atom. The van der Waals surface area contributed by atoms with Gasteiger partial charge in [-0.1, -0.05) is 69.3 Å². The number of carbonyl (C=O) groups excluding carboxylic acids is 2. The van der Waals surface area contributed by atoms with Gasteiger partial charge in [0.15, 0.2) is 0 Å². The fourth-order valence-corrected chi connectivity index (χ4v) is 4.69. The monoisotopic (exact) mass is 480 g/mol. The second-order valence-electron chi connectivity index (χ2n) is 10.3. The van der Waals surface area contributed by atoms with Crippen LogP contribution in [-0.2, 0) is 14.3 Å². The predicted octanol–water partition coefficient (Wildman–Crippen LogP) is 4.95. The smallest absolute Gasteiger partial charge is 0.407 e. The number of rotatable bonds is 10. The molecule has 3 rings (SSSR count). The first-order valence-electron chi connectivity index (χ1n) is 12.2. The van der Waals surface area contributed by atoms with Crippen molar-refractivity contribution >= 4 is 18.0 Å². The van der Waals surface area contributed by atoms with Gasteiger partial charge in [0.1, 0.15) is 12.6 Å². The van der Waals surface area contributed by atoms with Crippen LogP contribution in [0.4, 0.5) is 4.79 Å². The molecule has 1 unspecified atom stereocenters. The molecule has 2 amide bonds. The van der Waals surface area contributed by atoms with Crippen molar-refractivity contribution in [2.24, 2.45) is 11.3 Å². The number of nitrogens with one attached hydrogen (secondary N) is 2. The summed E-state index contributed by atoms with van der Waals surface area (Å²) in [6.07, 6.45) is 1.08. The van der Waals surface area contributed by atoms with E-state index in [9.17, 15) is 14.4 Å². The lowest BCUT2D eigenvalue weighted by Crippen LogP contribution is -2.38. The molecule has 0 radical (unpaired) electrons. The van der Waals surface area contributed by atoms with Gasteiger partial charge in [-0.15, -0.1) is 0 Å². The maximum Gasteiger partial charge on any atom is 0.407 e. The first-order chi connectivity index (χ1) is 16.6. The average Bonchev–Trinajstić information content (AvgIpc) is 3.12. The molecule has 0 spiro atoms. The Labute approximate surface area is 207 Å². The normalized spacial score (nSPS) is 14.4. The SMILES string of the molecule is C[C@@H](NC(=O)CCC(CCNC(=O)OCC1c2ccccc2-c2ccccc21)C(C)(C)C)C(=O)O. The Bertz CT molecular complexity index is 1010. The van der Waals surface area contributed by atoms with Crippen molar-refractivity contribution in [2.75, 3.05) is 13.2 Å². The van der Waals surface area contributed by atoms with Gasteiger partial charge in [-0.3, -0.25) is 9.59 Å². The van der Waals surface area contributed by atoms with Crippen molar-refractivity contribution in [2.45, 2.75) is 58.9 Å². The molecule has 1 aliphatic rings. The summed E-state index contributed by atoms with van der Waals surface area (Å²) < 4.78 is 5.60. The van der Waals surface area contributed by atoms with Gasteiger partial charge in [0.25, 0.3) is 0 Å². The molecule has 0 bridgehead atoms. The number of fused-ring (bicyclic) bond motifs is 3. The fraction of sp³-hybridized carbons (Fsp3) is 0.464. The van der Waals surface area contributed by atoms with E-state index in [1.807, 2.05) is 24.3 Å². The first kappa shape index (κ1) is 26.3. The van der Waals surface area contributed by atoms with Gasteiger partial charge in [-0.05, 0) is 53.4 Å². The Morgan fingerprint density at radius 3 is 2.09 bits per heavy atom. The van der Waals surface area contributed by atoms with Gasteiger partial charge in [-0.2, -0.15) is 0 Å². The summed E-state index contributed by atoms with van der Waals surface area (Å²) in [5, 5.41) is 14.3. The zero-order valence-electron chi connectivity index (χ0n) is 21.0. The van der Waals surface area contributed by atoms with E-state index in [1.165, 1.54) is 29.2 Å². The summed E-state index contributed by atoms with van der Waals surface area (Å²) in [6, 6.07) is 15.5. The van der Waals surface area contributed by atoms with Crippen LogP contribution in [0.1, 0.15) is 64.0 Å². The number of amides is 2. The van der Waals surface area contributed by atoms with Crippen molar-refractivity contribution in [1.82, 2.24) is 10.6 Å². The molecular formula is C28H36N2O5. The molecule has 7 nitrogen and oxygen atoms in total. The number of carboxylic acids is 1. The quantitative estimate of drug-likeness (QED) is 0.446. The Morgan fingerprint density at radius 1 is 0.971 bits per heavy atom. The lowest BCUT2D eigenvalue weighted by Gasteiger charge is -2.31. The molecule has 3 N–H and O–H groups in total. The van der Waals surface area contributed by atoms with E-state index in [1.54, 1.807) is 0 Å². The van der Waals surface area contributed by atoms with Crippen LogP contribution in [0, 0.1) is 11.3 Å². The minimum atomic E-state index is -1.06.